The maximum absolute atomic E-state index is 12.8. The van der Waals surface area contributed by atoms with Crippen LogP contribution >= 0.6 is 0 Å². The van der Waals surface area contributed by atoms with Gasteiger partial charge in [-0.05, 0) is 83.4 Å². The molecule has 35 heavy (non-hydrogen) atoms. The van der Waals surface area contributed by atoms with E-state index in [0.29, 0.717) is 16.9 Å². The summed E-state index contributed by atoms with van der Waals surface area (Å²) >= 11 is 0. The SMILES string of the molecule is CC(C)S(=O)(=O)NC1CCC[C@@H]1c1ccc(NC(=O)c2cccc(NC(=O)OC(C)(C)C)c2)cc1. The maximum atomic E-state index is 12.8. The summed E-state index contributed by atoms with van der Waals surface area (Å²) in [5.41, 5.74) is 1.89. The third-order valence-corrected chi connectivity index (χ3v) is 7.69. The van der Waals surface area contributed by atoms with E-state index < -0.39 is 27.0 Å². The number of anilines is 2. The minimum atomic E-state index is -3.34. The first kappa shape index (κ1) is 26.7. The van der Waals surface area contributed by atoms with Crippen LogP contribution in [0.15, 0.2) is 48.5 Å². The quantitative estimate of drug-likeness (QED) is 0.480. The van der Waals surface area contributed by atoms with Crippen molar-refractivity contribution in [1.82, 2.24) is 4.72 Å². The lowest BCUT2D eigenvalue weighted by atomic mass is 9.94. The minimum absolute atomic E-state index is 0.101. The van der Waals surface area contributed by atoms with Crippen molar-refractivity contribution in [1.29, 1.82) is 0 Å². The molecule has 1 saturated carbocycles. The van der Waals surface area contributed by atoms with Crippen LogP contribution < -0.4 is 15.4 Å². The van der Waals surface area contributed by atoms with E-state index in [4.69, 9.17) is 4.74 Å². The summed E-state index contributed by atoms with van der Waals surface area (Å²) in [6, 6.07) is 14.0. The number of rotatable bonds is 7. The summed E-state index contributed by atoms with van der Waals surface area (Å²) in [4.78, 5) is 24.8. The molecule has 1 aliphatic carbocycles. The lowest BCUT2D eigenvalue weighted by Gasteiger charge is -2.23. The standard InChI is InChI=1S/C26H35N3O5S/c1-17(2)35(32,33)29-23-11-7-10-22(23)18-12-14-20(15-13-18)27-24(30)19-8-6-9-21(16-19)28-25(31)34-26(3,4)5/h6,8-9,12-17,22-23,29H,7,10-11H2,1-5H3,(H,27,30)(H,28,31)/t22-,23?/m1/s1. The summed E-state index contributed by atoms with van der Waals surface area (Å²) < 4.78 is 32.8. The van der Waals surface area contributed by atoms with Crippen LogP contribution in [0.25, 0.3) is 0 Å². The molecule has 0 heterocycles. The fourth-order valence-electron chi connectivity index (χ4n) is 4.02. The average molecular weight is 502 g/mol. The number of hydrogen-bond donors (Lipinski definition) is 3. The number of hydrogen-bond acceptors (Lipinski definition) is 5. The summed E-state index contributed by atoms with van der Waals surface area (Å²) in [7, 11) is -3.34. The molecule has 0 radical (unpaired) electrons. The number of nitrogens with one attached hydrogen (secondary N) is 3. The first-order chi connectivity index (χ1) is 16.3. The molecule has 1 aliphatic rings. The topological polar surface area (TPSA) is 114 Å². The molecular formula is C26H35N3O5S. The van der Waals surface area contributed by atoms with Crippen LogP contribution in [0, 0.1) is 0 Å². The molecule has 0 aromatic heterocycles. The molecule has 2 amide bonds. The van der Waals surface area contributed by atoms with E-state index in [1.807, 2.05) is 24.3 Å². The molecule has 3 N–H and O–H groups in total. The molecular weight excluding hydrogens is 466 g/mol. The van der Waals surface area contributed by atoms with Crippen LogP contribution in [0.1, 0.15) is 75.7 Å². The predicted octanol–water partition coefficient (Wildman–Crippen LogP) is 5.25. The Morgan fingerprint density at radius 2 is 1.66 bits per heavy atom. The highest BCUT2D eigenvalue weighted by molar-refractivity contribution is 7.90. The summed E-state index contributed by atoms with van der Waals surface area (Å²) in [5.74, 6) is -0.210. The van der Waals surface area contributed by atoms with E-state index in [0.717, 1.165) is 24.8 Å². The highest BCUT2D eigenvalue weighted by Crippen LogP contribution is 2.35. The summed E-state index contributed by atoms with van der Waals surface area (Å²) in [6.07, 6.45) is 2.09. The molecule has 2 aromatic carbocycles. The van der Waals surface area contributed by atoms with Crippen LogP contribution in [-0.2, 0) is 14.8 Å². The molecule has 3 rings (SSSR count). The Balaban J connectivity index is 1.64. The van der Waals surface area contributed by atoms with Crippen molar-refractivity contribution < 1.29 is 22.7 Å². The number of ether oxygens (including phenoxy) is 1. The lowest BCUT2D eigenvalue weighted by Crippen LogP contribution is -2.40. The van der Waals surface area contributed by atoms with Gasteiger partial charge in [0.05, 0.1) is 5.25 Å². The second kappa shape index (κ2) is 10.8. The Morgan fingerprint density at radius 3 is 2.29 bits per heavy atom. The van der Waals surface area contributed by atoms with Crippen molar-refractivity contribution in [2.45, 2.75) is 76.7 Å². The zero-order chi connectivity index (χ0) is 25.8. The number of carbonyl (C=O) groups excluding carboxylic acids is 2. The summed E-state index contributed by atoms with van der Waals surface area (Å²) in [6.45, 7) is 8.68. The summed E-state index contributed by atoms with van der Waals surface area (Å²) in [5, 5.41) is 5.03. The zero-order valence-corrected chi connectivity index (χ0v) is 21.7. The van der Waals surface area contributed by atoms with Crippen molar-refractivity contribution in [2.24, 2.45) is 0 Å². The Bertz CT molecular complexity index is 1150. The van der Waals surface area contributed by atoms with Crippen LogP contribution in [0.4, 0.5) is 16.2 Å². The molecule has 1 unspecified atom stereocenters. The molecule has 9 heteroatoms. The molecule has 0 saturated heterocycles. The second-order valence-corrected chi connectivity index (χ2v) is 12.4. The molecule has 1 fully saturated rings. The highest BCUT2D eigenvalue weighted by Gasteiger charge is 2.32. The Labute approximate surface area is 207 Å². The second-order valence-electron chi connectivity index (χ2n) is 10.1. The van der Waals surface area contributed by atoms with Gasteiger partial charge in [-0.3, -0.25) is 10.1 Å². The zero-order valence-electron chi connectivity index (χ0n) is 20.9. The van der Waals surface area contributed by atoms with Gasteiger partial charge in [-0.1, -0.05) is 24.6 Å². The predicted molar refractivity (Wildman–Crippen MR) is 138 cm³/mol. The molecule has 0 aliphatic heterocycles. The Hall–Kier alpha value is -2.91. The van der Waals surface area contributed by atoms with Crippen molar-refractivity contribution in [3.63, 3.8) is 0 Å². The Kier molecular flexibility index (Phi) is 8.22. The molecule has 190 valence electrons. The van der Waals surface area contributed by atoms with Crippen molar-refractivity contribution >= 4 is 33.4 Å². The van der Waals surface area contributed by atoms with Crippen molar-refractivity contribution in [3.8, 4) is 0 Å². The first-order valence-electron chi connectivity index (χ1n) is 11.9. The minimum Gasteiger partial charge on any atom is -0.444 e. The Morgan fingerprint density at radius 1 is 0.971 bits per heavy atom. The fourth-order valence-corrected chi connectivity index (χ4v) is 5.00. The van der Waals surface area contributed by atoms with Crippen LogP contribution in [0.5, 0.6) is 0 Å². The van der Waals surface area contributed by atoms with E-state index in [-0.39, 0.29) is 17.9 Å². The number of amides is 2. The number of benzene rings is 2. The smallest absolute Gasteiger partial charge is 0.412 e. The monoisotopic (exact) mass is 501 g/mol. The van der Waals surface area contributed by atoms with Gasteiger partial charge in [0.25, 0.3) is 5.91 Å². The van der Waals surface area contributed by atoms with E-state index in [1.54, 1.807) is 58.9 Å². The van der Waals surface area contributed by atoms with Gasteiger partial charge in [0, 0.05) is 28.9 Å². The third kappa shape index (κ3) is 7.53. The van der Waals surface area contributed by atoms with Crippen LogP contribution in [0.2, 0.25) is 0 Å². The average Bonchev–Trinajstić information content (AvgIpc) is 3.20. The molecule has 2 atom stereocenters. The van der Waals surface area contributed by atoms with E-state index in [2.05, 4.69) is 15.4 Å². The van der Waals surface area contributed by atoms with Gasteiger partial charge < -0.3 is 10.1 Å². The lowest BCUT2D eigenvalue weighted by molar-refractivity contribution is 0.0635. The maximum Gasteiger partial charge on any atom is 0.412 e. The van der Waals surface area contributed by atoms with Gasteiger partial charge in [0.15, 0.2) is 0 Å². The van der Waals surface area contributed by atoms with Gasteiger partial charge in [0.2, 0.25) is 10.0 Å². The van der Waals surface area contributed by atoms with E-state index in [9.17, 15) is 18.0 Å². The first-order valence-corrected chi connectivity index (χ1v) is 13.4. The fraction of sp³-hybridized carbons (Fsp3) is 0.462. The van der Waals surface area contributed by atoms with E-state index >= 15 is 0 Å². The van der Waals surface area contributed by atoms with Gasteiger partial charge in [-0.15, -0.1) is 0 Å². The van der Waals surface area contributed by atoms with Crippen molar-refractivity contribution in [2.75, 3.05) is 10.6 Å². The molecule has 8 nitrogen and oxygen atoms in total. The number of sulfonamides is 1. The third-order valence-electron chi connectivity index (χ3n) is 5.82. The normalized spacial score (nSPS) is 18.3. The molecule has 0 spiro atoms. The van der Waals surface area contributed by atoms with Crippen molar-refractivity contribution in [3.05, 3.63) is 59.7 Å². The van der Waals surface area contributed by atoms with Gasteiger partial charge in [-0.2, -0.15) is 0 Å². The molecule has 0 bridgehead atoms. The molecule has 2 aromatic rings. The van der Waals surface area contributed by atoms with E-state index in [1.165, 1.54) is 0 Å². The van der Waals surface area contributed by atoms with Gasteiger partial charge in [0.1, 0.15) is 5.60 Å². The van der Waals surface area contributed by atoms with Crippen LogP contribution in [0.3, 0.4) is 0 Å². The number of carbonyl (C=O) groups is 2. The largest absolute Gasteiger partial charge is 0.444 e. The van der Waals surface area contributed by atoms with Crippen LogP contribution in [-0.4, -0.2) is 37.3 Å². The van der Waals surface area contributed by atoms with Gasteiger partial charge in [-0.25, -0.2) is 17.9 Å². The highest BCUT2D eigenvalue weighted by atomic mass is 32.2. The van der Waals surface area contributed by atoms with Gasteiger partial charge >= 0.3 is 6.09 Å².